The van der Waals surface area contributed by atoms with E-state index in [4.69, 9.17) is 34.8 Å². The summed E-state index contributed by atoms with van der Waals surface area (Å²) in [6.45, 7) is 0.159. The maximum atomic E-state index is 14.1. The van der Waals surface area contributed by atoms with Crippen LogP contribution in [-0.2, 0) is 32.6 Å². The van der Waals surface area contributed by atoms with Gasteiger partial charge in [-0.2, -0.15) is 0 Å². The fraction of sp³-hybridized carbons (Fsp3) is 0.394. The van der Waals surface area contributed by atoms with Gasteiger partial charge < -0.3 is 10.2 Å². The minimum atomic E-state index is -3.64. The van der Waals surface area contributed by atoms with E-state index in [0.717, 1.165) is 43.9 Å². The highest BCUT2D eigenvalue weighted by Crippen LogP contribution is 2.26. The third kappa shape index (κ3) is 9.86. The number of sulfonamides is 1. The molecule has 0 radical (unpaired) electrons. The zero-order chi connectivity index (χ0) is 31.7. The summed E-state index contributed by atoms with van der Waals surface area (Å²) in [6, 6.07) is 20.5. The maximum absolute atomic E-state index is 14.1. The first-order valence-corrected chi connectivity index (χ1v) is 17.8. The molecule has 44 heavy (non-hydrogen) atoms. The molecule has 7 nitrogen and oxygen atoms in total. The van der Waals surface area contributed by atoms with E-state index in [1.807, 2.05) is 30.3 Å². The first-order valence-electron chi connectivity index (χ1n) is 14.8. The smallest absolute Gasteiger partial charge is 0.243 e. The summed E-state index contributed by atoms with van der Waals surface area (Å²) < 4.78 is 26.6. The lowest BCUT2D eigenvalue weighted by atomic mass is 9.94. The largest absolute Gasteiger partial charge is 0.352 e. The Kier molecular flexibility index (Phi) is 12.4. The van der Waals surface area contributed by atoms with Gasteiger partial charge in [0.25, 0.3) is 0 Å². The lowest BCUT2D eigenvalue weighted by Crippen LogP contribution is -2.53. The number of hydrogen-bond acceptors (Lipinski definition) is 4. The Labute approximate surface area is 275 Å². The van der Waals surface area contributed by atoms with E-state index >= 15 is 0 Å². The number of anilines is 1. The van der Waals surface area contributed by atoms with Gasteiger partial charge in [-0.25, -0.2) is 8.42 Å². The van der Waals surface area contributed by atoms with E-state index in [2.05, 4.69) is 5.32 Å². The lowest BCUT2D eigenvalue weighted by molar-refractivity contribution is -0.141. The SMILES string of the molecule is CS(=O)(=O)N(CCCC(=O)N(Cc1ccc(Cl)cc1Cl)[C@H](Cc1ccccc1)C(=O)NC1CCCCC1)c1cccc(Cl)c1. The van der Waals surface area contributed by atoms with Gasteiger partial charge in [-0.05, 0) is 60.7 Å². The second kappa shape index (κ2) is 16.0. The van der Waals surface area contributed by atoms with Crippen LogP contribution in [0.1, 0.15) is 56.1 Å². The first-order chi connectivity index (χ1) is 21.0. The van der Waals surface area contributed by atoms with Crippen molar-refractivity contribution < 1.29 is 18.0 Å². The number of amides is 2. The number of rotatable bonds is 13. The summed E-state index contributed by atoms with van der Waals surface area (Å²) in [5, 5.41) is 4.49. The molecule has 1 N–H and O–H groups in total. The third-order valence-corrected chi connectivity index (χ3v) is 9.84. The summed E-state index contributed by atoms with van der Waals surface area (Å²) in [5.74, 6) is -0.494. The van der Waals surface area contributed by atoms with Crippen LogP contribution < -0.4 is 9.62 Å². The molecule has 0 aliphatic heterocycles. The number of nitrogens with one attached hydrogen (secondary N) is 1. The molecule has 0 spiro atoms. The van der Waals surface area contributed by atoms with Crippen molar-refractivity contribution in [1.82, 2.24) is 10.2 Å². The molecule has 1 atom stereocenters. The summed E-state index contributed by atoms with van der Waals surface area (Å²) in [5.41, 5.74) is 2.00. The molecule has 1 fully saturated rings. The Bertz CT molecular complexity index is 1530. The van der Waals surface area contributed by atoms with Crippen LogP contribution >= 0.6 is 34.8 Å². The standard InChI is InChI=1S/C33H38Cl3N3O4S/c1-44(42,43)39(29-15-8-12-26(34)21-29)19-9-16-32(40)38(23-25-17-18-27(35)22-30(25)36)31(20-24-10-4-2-5-11-24)33(41)37-28-13-6-3-7-14-28/h2,4-5,8,10-12,15,17-18,21-22,28,31H,3,6-7,9,13-14,16,19-20,23H2,1H3,(H,37,41)/t31-/m1/s1. The quantitative estimate of drug-likeness (QED) is 0.206. The molecule has 3 aromatic rings. The molecular weight excluding hydrogens is 641 g/mol. The van der Waals surface area contributed by atoms with Crippen molar-refractivity contribution >= 4 is 62.3 Å². The van der Waals surface area contributed by atoms with E-state index in [1.54, 1.807) is 47.4 Å². The summed E-state index contributed by atoms with van der Waals surface area (Å²) in [7, 11) is -3.64. The Morgan fingerprint density at radius 2 is 1.61 bits per heavy atom. The van der Waals surface area contributed by atoms with Crippen LogP contribution in [0.5, 0.6) is 0 Å². The second-order valence-corrected chi connectivity index (χ2v) is 14.4. The Hall–Kier alpha value is -2.78. The monoisotopic (exact) mass is 677 g/mol. The van der Waals surface area contributed by atoms with Gasteiger partial charge in [0.2, 0.25) is 21.8 Å². The van der Waals surface area contributed by atoms with Crippen LogP contribution in [0, 0.1) is 0 Å². The second-order valence-electron chi connectivity index (χ2n) is 11.2. The Morgan fingerprint density at radius 1 is 0.909 bits per heavy atom. The zero-order valence-corrected chi connectivity index (χ0v) is 27.8. The third-order valence-electron chi connectivity index (χ3n) is 7.83. The van der Waals surface area contributed by atoms with Crippen molar-refractivity contribution in [3.63, 3.8) is 0 Å². The molecule has 1 saturated carbocycles. The van der Waals surface area contributed by atoms with E-state index in [9.17, 15) is 18.0 Å². The molecule has 0 unspecified atom stereocenters. The minimum Gasteiger partial charge on any atom is -0.352 e. The molecule has 4 rings (SSSR count). The van der Waals surface area contributed by atoms with Gasteiger partial charge in [0, 0.05) is 47.0 Å². The molecule has 1 aliphatic carbocycles. The van der Waals surface area contributed by atoms with Gasteiger partial charge in [-0.3, -0.25) is 13.9 Å². The fourth-order valence-corrected chi connectivity index (χ4v) is 7.18. The zero-order valence-electron chi connectivity index (χ0n) is 24.7. The number of carbonyl (C=O) groups excluding carboxylic acids is 2. The summed E-state index contributed by atoms with van der Waals surface area (Å²) in [4.78, 5) is 29.6. The minimum absolute atomic E-state index is 0.0137. The predicted molar refractivity (Wildman–Crippen MR) is 179 cm³/mol. The lowest BCUT2D eigenvalue weighted by Gasteiger charge is -2.34. The topological polar surface area (TPSA) is 86.8 Å². The molecule has 2 amide bonds. The van der Waals surface area contributed by atoms with Crippen molar-refractivity contribution in [2.24, 2.45) is 0 Å². The molecule has 3 aromatic carbocycles. The van der Waals surface area contributed by atoms with Crippen molar-refractivity contribution in [3.8, 4) is 0 Å². The molecule has 1 aliphatic rings. The van der Waals surface area contributed by atoms with Gasteiger partial charge in [-0.1, -0.05) is 96.5 Å². The van der Waals surface area contributed by atoms with Crippen LogP contribution in [-0.4, -0.2) is 50.0 Å². The Morgan fingerprint density at radius 3 is 2.27 bits per heavy atom. The van der Waals surface area contributed by atoms with E-state index < -0.39 is 16.1 Å². The van der Waals surface area contributed by atoms with Crippen molar-refractivity contribution in [3.05, 3.63) is 99.0 Å². The van der Waals surface area contributed by atoms with Gasteiger partial charge in [-0.15, -0.1) is 0 Å². The van der Waals surface area contributed by atoms with E-state index in [-0.39, 0.29) is 43.8 Å². The van der Waals surface area contributed by atoms with Gasteiger partial charge in [0.15, 0.2) is 0 Å². The van der Waals surface area contributed by atoms with Gasteiger partial charge in [0.1, 0.15) is 6.04 Å². The van der Waals surface area contributed by atoms with Gasteiger partial charge >= 0.3 is 0 Å². The number of carbonyl (C=O) groups is 2. The van der Waals surface area contributed by atoms with Gasteiger partial charge in [0.05, 0.1) is 11.9 Å². The van der Waals surface area contributed by atoms with Crippen LogP contribution in [0.3, 0.4) is 0 Å². The average Bonchev–Trinajstić information content (AvgIpc) is 2.98. The molecule has 11 heteroatoms. The molecule has 0 aromatic heterocycles. The molecule has 0 bridgehead atoms. The highest BCUT2D eigenvalue weighted by Gasteiger charge is 2.32. The summed E-state index contributed by atoms with van der Waals surface area (Å²) in [6.07, 6.45) is 6.76. The molecule has 0 saturated heterocycles. The highest BCUT2D eigenvalue weighted by atomic mass is 35.5. The number of nitrogens with zero attached hydrogens (tertiary/aromatic N) is 2. The average molecular weight is 679 g/mol. The van der Waals surface area contributed by atoms with Crippen LogP contribution in [0.15, 0.2) is 72.8 Å². The van der Waals surface area contributed by atoms with Crippen molar-refractivity contribution in [2.75, 3.05) is 17.1 Å². The Balaban J connectivity index is 1.61. The van der Waals surface area contributed by atoms with E-state index in [1.165, 1.54) is 4.31 Å². The maximum Gasteiger partial charge on any atom is 0.243 e. The number of hydrogen-bond donors (Lipinski definition) is 1. The van der Waals surface area contributed by atoms with Crippen molar-refractivity contribution in [2.45, 2.75) is 70.0 Å². The van der Waals surface area contributed by atoms with Crippen LogP contribution in [0.4, 0.5) is 5.69 Å². The highest BCUT2D eigenvalue weighted by molar-refractivity contribution is 7.92. The van der Waals surface area contributed by atoms with Crippen LogP contribution in [0.25, 0.3) is 0 Å². The first kappa shape index (κ1) is 34.1. The normalized spacial score (nSPS) is 14.5. The van der Waals surface area contributed by atoms with Crippen molar-refractivity contribution in [1.29, 1.82) is 0 Å². The number of halogens is 3. The summed E-state index contributed by atoms with van der Waals surface area (Å²) >= 11 is 18.8. The molecular formula is C33H38Cl3N3O4S. The predicted octanol–water partition coefficient (Wildman–Crippen LogP) is 7.28. The molecule has 0 heterocycles. The number of benzene rings is 3. The van der Waals surface area contributed by atoms with Crippen LogP contribution in [0.2, 0.25) is 15.1 Å². The fourth-order valence-electron chi connectivity index (χ4n) is 5.57. The molecule has 236 valence electrons. The van der Waals surface area contributed by atoms with E-state index in [0.29, 0.717) is 32.7 Å².